The third-order valence-electron chi connectivity index (χ3n) is 5.14. The first-order valence-electron chi connectivity index (χ1n) is 10.6. The Morgan fingerprint density at radius 3 is 1.93 bits per heavy atom. The monoisotopic (exact) mass is 400 g/mol. The zero-order chi connectivity index (χ0) is 20.4. The van der Waals surface area contributed by atoms with Crippen molar-refractivity contribution in [2.45, 2.75) is 32.5 Å². The highest BCUT2D eigenvalue weighted by Crippen LogP contribution is 2.30. The molecule has 0 saturated carbocycles. The summed E-state index contributed by atoms with van der Waals surface area (Å²) in [6, 6.07) is 26.4. The van der Waals surface area contributed by atoms with Gasteiger partial charge in [-0.1, -0.05) is 60.7 Å². The number of nitrogens with zero attached hydrogens (tertiary/aromatic N) is 2. The van der Waals surface area contributed by atoms with E-state index in [2.05, 4.69) is 34.4 Å². The van der Waals surface area contributed by atoms with Crippen LogP contribution in [0.4, 0.5) is 0 Å². The van der Waals surface area contributed by atoms with Crippen molar-refractivity contribution in [1.29, 1.82) is 0 Å². The molecular weight excluding hydrogens is 372 g/mol. The normalized spacial score (nSPS) is 14.1. The molecule has 1 fully saturated rings. The highest BCUT2D eigenvalue weighted by molar-refractivity contribution is 5.80. The number of hydrazone groups is 1. The van der Waals surface area contributed by atoms with Gasteiger partial charge in [0.25, 0.3) is 0 Å². The Bertz CT molecular complexity index is 936. The Morgan fingerprint density at radius 2 is 1.30 bits per heavy atom. The van der Waals surface area contributed by atoms with Gasteiger partial charge in [-0.3, -0.25) is 5.01 Å². The predicted octanol–water partition coefficient (Wildman–Crippen LogP) is 5.66. The third-order valence-corrected chi connectivity index (χ3v) is 5.14. The third kappa shape index (κ3) is 5.86. The summed E-state index contributed by atoms with van der Waals surface area (Å²) < 4.78 is 12.2. The van der Waals surface area contributed by atoms with Crippen LogP contribution < -0.4 is 9.47 Å². The largest absolute Gasteiger partial charge is 0.485 e. The van der Waals surface area contributed by atoms with E-state index < -0.39 is 0 Å². The highest BCUT2D eigenvalue weighted by Gasteiger charge is 2.09. The topological polar surface area (TPSA) is 34.1 Å². The second kappa shape index (κ2) is 10.5. The van der Waals surface area contributed by atoms with Crippen LogP contribution in [0.1, 0.15) is 36.0 Å². The zero-order valence-corrected chi connectivity index (χ0v) is 17.2. The molecule has 1 aliphatic rings. The van der Waals surface area contributed by atoms with Gasteiger partial charge >= 0.3 is 0 Å². The van der Waals surface area contributed by atoms with Crippen molar-refractivity contribution in [3.63, 3.8) is 0 Å². The lowest BCUT2D eigenvalue weighted by Gasteiger charge is -2.23. The molecule has 1 heterocycles. The molecule has 4 rings (SSSR count). The summed E-state index contributed by atoms with van der Waals surface area (Å²) in [6.45, 7) is 3.07. The van der Waals surface area contributed by atoms with Crippen LogP contribution in [0.2, 0.25) is 0 Å². The second-order valence-electron chi connectivity index (χ2n) is 7.51. The SMILES string of the molecule is C(=NN1CCCCC1)c1ccc(OCc2ccccc2)c(OCc2ccccc2)c1. The Hall–Kier alpha value is -3.27. The molecular formula is C26H28N2O2. The molecule has 0 spiro atoms. The molecule has 0 aromatic heterocycles. The molecule has 4 nitrogen and oxygen atoms in total. The molecule has 0 bridgehead atoms. The average molecular weight is 401 g/mol. The average Bonchev–Trinajstić information content (AvgIpc) is 2.82. The number of piperidine rings is 1. The molecule has 0 radical (unpaired) electrons. The fraction of sp³-hybridized carbons (Fsp3) is 0.269. The predicted molar refractivity (Wildman–Crippen MR) is 121 cm³/mol. The summed E-state index contributed by atoms with van der Waals surface area (Å²) in [6.07, 6.45) is 5.66. The Kier molecular flexibility index (Phi) is 7.00. The van der Waals surface area contributed by atoms with Crippen molar-refractivity contribution >= 4 is 6.21 Å². The van der Waals surface area contributed by atoms with Gasteiger partial charge in [0.1, 0.15) is 13.2 Å². The molecule has 1 saturated heterocycles. The first kappa shape index (κ1) is 20.0. The van der Waals surface area contributed by atoms with Gasteiger partial charge < -0.3 is 9.47 Å². The smallest absolute Gasteiger partial charge is 0.162 e. The summed E-state index contributed by atoms with van der Waals surface area (Å²) in [5.74, 6) is 1.47. The maximum absolute atomic E-state index is 6.14. The fourth-order valence-corrected chi connectivity index (χ4v) is 3.45. The van der Waals surface area contributed by atoms with E-state index in [1.807, 2.05) is 60.8 Å². The summed E-state index contributed by atoms with van der Waals surface area (Å²) in [7, 11) is 0. The molecule has 4 heteroatoms. The van der Waals surface area contributed by atoms with Gasteiger partial charge in [0.15, 0.2) is 11.5 Å². The molecule has 1 aliphatic heterocycles. The fourth-order valence-electron chi connectivity index (χ4n) is 3.45. The van der Waals surface area contributed by atoms with Crippen LogP contribution in [-0.4, -0.2) is 24.3 Å². The standard InChI is InChI=1S/C26H28N2O2/c1-4-10-22(11-5-1)20-29-25-15-14-24(19-27-28-16-8-3-9-17-28)18-26(25)30-21-23-12-6-2-7-13-23/h1-2,4-7,10-15,18-19H,3,8-9,16-17,20-21H2. The van der Waals surface area contributed by atoms with Crippen LogP contribution in [0.15, 0.2) is 84.0 Å². The first-order valence-corrected chi connectivity index (χ1v) is 10.6. The molecule has 0 aliphatic carbocycles. The molecule has 0 atom stereocenters. The lowest BCUT2D eigenvalue weighted by Crippen LogP contribution is -2.24. The van der Waals surface area contributed by atoms with E-state index in [4.69, 9.17) is 9.47 Å². The second-order valence-corrected chi connectivity index (χ2v) is 7.51. The van der Waals surface area contributed by atoms with Crippen LogP contribution >= 0.6 is 0 Å². The minimum absolute atomic E-state index is 0.495. The number of hydrogen-bond acceptors (Lipinski definition) is 4. The molecule has 0 unspecified atom stereocenters. The molecule has 3 aromatic carbocycles. The van der Waals surface area contributed by atoms with Crippen molar-refractivity contribution in [1.82, 2.24) is 5.01 Å². The number of benzene rings is 3. The number of rotatable bonds is 8. The summed E-state index contributed by atoms with van der Waals surface area (Å²) in [5.41, 5.74) is 3.26. The lowest BCUT2D eigenvalue weighted by molar-refractivity contribution is 0.240. The van der Waals surface area contributed by atoms with Crippen LogP contribution in [0.25, 0.3) is 0 Å². The number of hydrogen-bond donors (Lipinski definition) is 0. The molecule has 0 amide bonds. The van der Waals surface area contributed by atoms with Gasteiger partial charge in [-0.05, 0) is 54.2 Å². The minimum Gasteiger partial charge on any atom is -0.485 e. The van der Waals surface area contributed by atoms with Gasteiger partial charge in [-0.15, -0.1) is 0 Å². The molecule has 30 heavy (non-hydrogen) atoms. The maximum Gasteiger partial charge on any atom is 0.162 e. The minimum atomic E-state index is 0.495. The van der Waals surface area contributed by atoms with Gasteiger partial charge in [-0.2, -0.15) is 5.10 Å². The number of ether oxygens (including phenoxy) is 2. The van der Waals surface area contributed by atoms with E-state index in [0.29, 0.717) is 13.2 Å². The lowest BCUT2D eigenvalue weighted by atomic mass is 10.2. The van der Waals surface area contributed by atoms with Crippen molar-refractivity contribution in [2.24, 2.45) is 5.10 Å². The summed E-state index contributed by atoms with van der Waals surface area (Å²) in [5, 5.41) is 6.79. The van der Waals surface area contributed by atoms with E-state index in [-0.39, 0.29) is 0 Å². The van der Waals surface area contributed by atoms with Crippen molar-refractivity contribution in [3.8, 4) is 11.5 Å². The van der Waals surface area contributed by atoms with Crippen molar-refractivity contribution in [3.05, 3.63) is 95.6 Å². The highest BCUT2D eigenvalue weighted by atomic mass is 16.5. The summed E-state index contributed by atoms with van der Waals surface area (Å²) in [4.78, 5) is 0. The van der Waals surface area contributed by atoms with Gasteiger partial charge in [-0.25, -0.2) is 0 Å². The summed E-state index contributed by atoms with van der Waals surface area (Å²) >= 11 is 0. The van der Waals surface area contributed by atoms with E-state index in [0.717, 1.165) is 41.3 Å². The maximum atomic E-state index is 6.14. The van der Waals surface area contributed by atoms with E-state index in [1.165, 1.54) is 19.3 Å². The van der Waals surface area contributed by atoms with Gasteiger partial charge in [0, 0.05) is 13.1 Å². The van der Waals surface area contributed by atoms with Crippen LogP contribution in [0, 0.1) is 0 Å². The Balaban J connectivity index is 1.49. The van der Waals surface area contributed by atoms with Gasteiger partial charge in [0.05, 0.1) is 6.21 Å². The van der Waals surface area contributed by atoms with Crippen molar-refractivity contribution < 1.29 is 9.47 Å². The van der Waals surface area contributed by atoms with E-state index in [9.17, 15) is 0 Å². The van der Waals surface area contributed by atoms with Crippen LogP contribution in [0.3, 0.4) is 0 Å². The first-order chi connectivity index (χ1) is 14.9. The Morgan fingerprint density at radius 1 is 0.700 bits per heavy atom. The molecule has 154 valence electrons. The molecule has 0 N–H and O–H groups in total. The van der Waals surface area contributed by atoms with E-state index in [1.54, 1.807) is 0 Å². The van der Waals surface area contributed by atoms with Crippen molar-refractivity contribution in [2.75, 3.05) is 13.1 Å². The van der Waals surface area contributed by atoms with E-state index >= 15 is 0 Å². The molecule has 3 aromatic rings. The van der Waals surface area contributed by atoms with Gasteiger partial charge in [0.2, 0.25) is 0 Å². The van der Waals surface area contributed by atoms with Crippen LogP contribution in [-0.2, 0) is 13.2 Å². The quantitative estimate of drug-likeness (QED) is 0.457. The zero-order valence-electron chi connectivity index (χ0n) is 17.2. The Labute approximate surface area is 178 Å². The van der Waals surface area contributed by atoms with Crippen LogP contribution in [0.5, 0.6) is 11.5 Å².